The number of benzene rings is 1. The summed E-state index contributed by atoms with van der Waals surface area (Å²) >= 11 is 0. The Bertz CT molecular complexity index is 471. The number of nitrogens with one attached hydrogen (secondary N) is 1. The summed E-state index contributed by atoms with van der Waals surface area (Å²) in [6.45, 7) is 4.68. The molecular weight excluding hydrogens is 266 g/mol. The second kappa shape index (κ2) is 9.16. The molecule has 0 bridgehead atoms. The minimum absolute atomic E-state index is 0.0219. The Morgan fingerprint density at radius 1 is 1.29 bits per heavy atom. The standard InChI is InChI=1S/C17H25NO3/c1-3-14(7-8-17(20)21)9-10-18-16(19)12-15-6-4-5-13(2)11-15/h4-6,11,14H,3,7-10,12H2,1-2H3,(H,18,19)(H,20,21). The number of amides is 1. The van der Waals surface area contributed by atoms with E-state index in [1.807, 2.05) is 31.2 Å². The van der Waals surface area contributed by atoms with Crippen molar-refractivity contribution in [2.24, 2.45) is 5.92 Å². The lowest BCUT2D eigenvalue weighted by Gasteiger charge is -2.14. The van der Waals surface area contributed by atoms with Gasteiger partial charge in [0.25, 0.3) is 0 Å². The van der Waals surface area contributed by atoms with Gasteiger partial charge < -0.3 is 10.4 Å². The highest BCUT2D eigenvalue weighted by atomic mass is 16.4. The molecule has 2 N–H and O–H groups in total. The van der Waals surface area contributed by atoms with E-state index in [-0.39, 0.29) is 12.3 Å². The molecule has 0 heterocycles. The van der Waals surface area contributed by atoms with Crippen LogP contribution in [0.4, 0.5) is 0 Å². The van der Waals surface area contributed by atoms with E-state index in [4.69, 9.17) is 5.11 Å². The van der Waals surface area contributed by atoms with E-state index in [1.165, 1.54) is 0 Å². The number of rotatable bonds is 9. The number of carboxylic acid groups (broad SMARTS) is 1. The van der Waals surface area contributed by atoms with E-state index < -0.39 is 5.97 Å². The molecule has 0 aromatic heterocycles. The van der Waals surface area contributed by atoms with E-state index in [9.17, 15) is 9.59 Å². The molecule has 4 nitrogen and oxygen atoms in total. The molecule has 0 saturated heterocycles. The average Bonchev–Trinajstić information content (AvgIpc) is 2.42. The molecule has 1 amide bonds. The lowest BCUT2D eigenvalue weighted by Crippen LogP contribution is -2.27. The first-order valence-electron chi connectivity index (χ1n) is 7.55. The zero-order valence-electron chi connectivity index (χ0n) is 12.9. The summed E-state index contributed by atoms with van der Waals surface area (Å²) in [6, 6.07) is 7.93. The van der Waals surface area contributed by atoms with Crippen LogP contribution in [0.15, 0.2) is 24.3 Å². The second-order valence-corrected chi connectivity index (χ2v) is 5.51. The second-order valence-electron chi connectivity index (χ2n) is 5.51. The molecule has 1 aromatic rings. The summed E-state index contributed by atoms with van der Waals surface area (Å²) in [5.41, 5.74) is 2.17. The summed E-state index contributed by atoms with van der Waals surface area (Å²) in [7, 11) is 0. The van der Waals surface area contributed by atoms with Crippen LogP contribution in [0.1, 0.15) is 43.7 Å². The van der Waals surface area contributed by atoms with E-state index in [1.54, 1.807) is 0 Å². The molecule has 0 aliphatic heterocycles. The van der Waals surface area contributed by atoms with Gasteiger partial charge in [0.15, 0.2) is 0 Å². The van der Waals surface area contributed by atoms with Crippen LogP contribution in [0.2, 0.25) is 0 Å². The molecule has 0 saturated carbocycles. The van der Waals surface area contributed by atoms with Crippen molar-refractivity contribution < 1.29 is 14.7 Å². The van der Waals surface area contributed by atoms with Gasteiger partial charge in [0.1, 0.15) is 0 Å². The smallest absolute Gasteiger partial charge is 0.303 e. The highest BCUT2D eigenvalue weighted by Gasteiger charge is 2.10. The zero-order chi connectivity index (χ0) is 15.7. The first-order chi connectivity index (χ1) is 10.0. The average molecular weight is 291 g/mol. The van der Waals surface area contributed by atoms with Crippen molar-refractivity contribution in [2.45, 2.75) is 46.0 Å². The monoisotopic (exact) mass is 291 g/mol. The van der Waals surface area contributed by atoms with Crippen molar-refractivity contribution in [1.82, 2.24) is 5.32 Å². The number of aryl methyl sites for hydroxylation is 1. The van der Waals surface area contributed by atoms with Crippen LogP contribution >= 0.6 is 0 Å². The normalized spacial score (nSPS) is 11.9. The molecule has 116 valence electrons. The van der Waals surface area contributed by atoms with Crippen molar-refractivity contribution in [1.29, 1.82) is 0 Å². The van der Waals surface area contributed by atoms with E-state index in [0.717, 1.165) is 24.0 Å². The summed E-state index contributed by atoms with van der Waals surface area (Å²) in [6.07, 6.45) is 3.06. The number of hydrogen-bond donors (Lipinski definition) is 2. The molecule has 21 heavy (non-hydrogen) atoms. The summed E-state index contributed by atoms with van der Waals surface area (Å²) in [4.78, 5) is 22.4. The molecule has 1 atom stereocenters. The fourth-order valence-corrected chi connectivity index (χ4v) is 2.37. The topological polar surface area (TPSA) is 66.4 Å². The van der Waals surface area contributed by atoms with E-state index >= 15 is 0 Å². The molecule has 1 aromatic carbocycles. The molecule has 0 spiro atoms. The van der Waals surface area contributed by atoms with E-state index in [0.29, 0.717) is 25.3 Å². The third-order valence-corrected chi connectivity index (χ3v) is 3.67. The van der Waals surface area contributed by atoms with Crippen LogP contribution in [0.25, 0.3) is 0 Å². The maximum atomic E-state index is 11.9. The van der Waals surface area contributed by atoms with Gasteiger partial charge in [0.2, 0.25) is 5.91 Å². The van der Waals surface area contributed by atoms with Gasteiger partial charge in [-0.3, -0.25) is 9.59 Å². The number of carbonyl (C=O) groups is 2. The number of aliphatic carboxylic acids is 1. The lowest BCUT2D eigenvalue weighted by atomic mass is 9.96. The third kappa shape index (κ3) is 7.49. The van der Waals surface area contributed by atoms with Crippen molar-refractivity contribution in [2.75, 3.05) is 6.54 Å². The molecule has 0 aliphatic carbocycles. The molecule has 0 aliphatic rings. The van der Waals surface area contributed by atoms with Crippen LogP contribution in [-0.4, -0.2) is 23.5 Å². The fraction of sp³-hybridized carbons (Fsp3) is 0.529. The Morgan fingerprint density at radius 3 is 2.67 bits per heavy atom. The van der Waals surface area contributed by atoms with Crippen molar-refractivity contribution in [3.63, 3.8) is 0 Å². The zero-order valence-corrected chi connectivity index (χ0v) is 12.9. The molecule has 4 heteroatoms. The Labute approximate surface area is 126 Å². The Kier molecular flexibility index (Phi) is 7.51. The molecule has 1 rings (SSSR count). The summed E-state index contributed by atoms with van der Waals surface area (Å²) in [5, 5.41) is 11.6. The summed E-state index contributed by atoms with van der Waals surface area (Å²) in [5.74, 6) is -0.369. The van der Waals surface area contributed by atoms with E-state index in [2.05, 4.69) is 12.2 Å². The van der Waals surface area contributed by atoms with Crippen molar-refractivity contribution >= 4 is 11.9 Å². The molecule has 0 fully saturated rings. The van der Waals surface area contributed by atoms with Gasteiger partial charge in [-0.2, -0.15) is 0 Å². The van der Waals surface area contributed by atoms with Crippen molar-refractivity contribution in [3.8, 4) is 0 Å². The quantitative estimate of drug-likeness (QED) is 0.735. The number of carbonyl (C=O) groups excluding carboxylic acids is 1. The predicted molar refractivity (Wildman–Crippen MR) is 83.2 cm³/mol. The minimum atomic E-state index is -0.753. The van der Waals surface area contributed by atoms with Crippen LogP contribution in [-0.2, 0) is 16.0 Å². The lowest BCUT2D eigenvalue weighted by molar-refractivity contribution is -0.137. The molecule has 1 unspecified atom stereocenters. The maximum absolute atomic E-state index is 11.9. The Hall–Kier alpha value is -1.84. The molecular formula is C17H25NO3. The van der Waals surface area contributed by atoms with Crippen LogP contribution < -0.4 is 5.32 Å². The van der Waals surface area contributed by atoms with Crippen molar-refractivity contribution in [3.05, 3.63) is 35.4 Å². The minimum Gasteiger partial charge on any atom is -0.481 e. The van der Waals surface area contributed by atoms with Gasteiger partial charge in [-0.05, 0) is 31.2 Å². The highest BCUT2D eigenvalue weighted by molar-refractivity contribution is 5.78. The summed E-state index contributed by atoms with van der Waals surface area (Å²) < 4.78 is 0. The Morgan fingerprint density at radius 2 is 2.05 bits per heavy atom. The largest absolute Gasteiger partial charge is 0.481 e. The number of carboxylic acids is 1. The fourth-order valence-electron chi connectivity index (χ4n) is 2.37. The SMILES string of the molecule is CCC(CCNC(=O)Cc1cccc(C)c1)CCC(=O)O. The first kappa shape index (κ1) is 17.2. The third-order valence-electron chi connectivity index (χ3n) is 3.67. The van der Waals surface area contributed by atoms with Gasteiger partial charge in [-0.25, -0.2) is 0 Å². The molecule has 0 radical (unpaired) electrons. The van der Waals surface area contributed by atoms with Crippen LogP contribution in [0.3, 0.4) is 0 Å². The van der Waals surface area contributed by atoms with Gasteiger partial charge in [-0.1, -0.05) is 43.2 Å². The highest BCUT2D eigenvalue weighted by Crippen LogP contribution is 2.14. The maximum Gasteiger partial charge on any atom is 0.303 e. The predicted octanol–water partition coefficient (Wildman–Crippen LogP) is 2.93. The van der Waals surface area contributed by atoms with Gasteiger partial charge in [-0.15, -0.1) is 0 Å². The Balaban J connectivity index is 2.27. The number of hydrogen-bond acceptors (Lipinski definition) is 2. The van der Waals surface area contributed by atoms with Gasteiger partial charge >= 0.3 is 5.97 Å². The first-order valence-corrected chi connectivity index (χ1v) is 7.55. The van der Waals surface area contributed by atoms with Gasteiger partial charge in [0.05, 0.1) is 6.42 Å². The van der Waals surface area contributed by atoms with Gasteiger partial charge in [0, 0.05) is 13.0 Å². The van der Waals surface area contributed by atoms with Crippen LogP contribution in [0.5, 0.6) is 0 Å². The van der Waals surface area contributed by atoms with Crippen LogP contribution in [0, 0.1) is 12.8 Å².